The summed E-state index contributed by atoms with van der Waals surface area (Å²) < 4.78 is 5.77. The van der Waals surface area contributed by atoms with Crippen molar-refractivity contribution in [3.8, 4) is 0 Å². The predicted octanol–water partition coefficient (Wildman–Crippen LogP) is 2.48. The molecular formula is C16H22N3O2-. The van der Waals surface area contributed by atoms with Crippen LogP contribution in [0.4, 0.5) is 0 Å². The standard InChI is InChI=1S/C16H22N3O2/c1-3-18(4-2)11-12-21-14-8-10-19(20)16(13-14)15-7-5-6-9-17-15/h5-9,13H,3-4,10-12H2,1-2H3/q-1. The molecule has 1 aliphatic rings. The number of hydrogen-bond donors (Lipinski definition) is 0. The molecule has 114 valence electrons. The van der Waals surface area contributed by atoms with Gasteiger partial charge in [-0.05, 0) is 31.3 Å². The Hall–Kier alpha value is -1.85. The maximum Gasteiger partial charge on any atom is 0.119 e. The third kappa shape index (κ3) is 4.31. The van der Waals surface area contributed by atoms with Crippen molar-refractivity contribution in [3.63, 3.8) is 0 Å². The van der Waals surface area contributed by atoms with Gasteiger partial charge < -0.3 is 19.9 Å². The first-order chi connectivity index (χ1) is 10.2. The number of pyridine rings is 1. The third-order valence-corrected chi connectivity index (χ3v) is 3.50. The van der Waals surface area contributed by atoms with Gasteiger partial charge in [-0.15, -0.1) is 0 Å². The first-order valence-corrected chi connectivity index (χ1v) is 7.37. The molecule has 1 aromatic rings. The van der Waals surface area contributed by atoms with Crippen LogP contribution >= 0.6 is 0 Å². The maximum atomic E-state index is 11.9. The van der Waals surface area contributed by atoms with E-state index < -0.39 is 0 Å². The van der Waals surface area contributed by atoms with E-state index in [0.717, 1.165) is 30.5 Å². The van der Waals surface area contributed by atoms with E-state index in [1.807, 2.05) is 24.3 Å². The van der Waals surface area contributed by atoms with E-state index in [-0.39, 0.29) is 0 Å². The Kier molecular flexibility index (Phi) is 5.78. The molecule has 0 saturated heterocycles. The maximum absolute atomic E-state index is 11.9. The number of aromatic nitrogens is 1. The average Bonchev–Trinajstić information content (AvgIpc) is 2.54. The quantitative estimate of drug-likeness (QED) is 0.771. The molecule has 0 spiro atoms. The van der Waals surface area contributed by atoms with Crippen LogP contribution < -0.4 is 0 Å². The van der Waals surface area contributed by atoms with Gasteiger partial charge in [0, 0.05) is 25.4 Å². The molecule has 0 amide bonds. The van der Waals surface area contributed by atoms with Crippen LogP contribution in [0.15, 0.2) is 42.3 Å². The molecule has 0 atom stereocenters. The number of hydrogen-bond acceptors (Lipinski definition) is 5. The predicted molar refractivity (Wildman–Crippen MR) is 84.1 cm³/mol. The lowest BCUT2D eigenvalue weighted by Gasteiger charge is -2.34. The fraction of sp³-hybridized carbons (Fsp3) is 0.438. The van der Waals surface area contributed by atoms with Crippen molar-refractivity contribution in [3.05, 3.63) is 53.2 Å². The highest BCUT2D eigenvalue weighted by Crippen LogP contribution is 2.22. The van der Waals surface area contributed by atoms with Crippen LogP contribution in [0.1, 0.15) is 19.5 Å². The molecular weight excluding hydrogens is 266 g/mol. The number of allylic oxidation sites excluding steroid dienone is 1. The number of likely N-dealkylation sites (N-methyl/N-ethyl adjacent to an activating group) is 1. The van der Waals surface area contributed by atoms with Crippen LogP contribution in [0.2, 0.25) is 0 Å². The molecule has 0 saturated carbocycles. The van der Waals surface area contributed by atoms with Gasteiger partial charge in [0.15, 0.2) is 0 Å². The van der Waals surface area contributed by atoms with E-state index in [1.165, 1.54) is 0 Å². The fourth-order valence-corrected chi connectivity index (χ4v) is 2.19. The van der Waals surface area contributed by atoms with Crippen LogP contribution in [0.5, 0.6) is 0 Å². The largest absolute Gasteiger partial charge is 0.758 e. The zero-order valence-corrected chi connectivity index (χ0v) is 12.7. The second-order valence-corrected chi connectivity index (χ2v) is 4.79. The van der Waals surface area contributed by atoms with Gasteiger partial charge in [-0.25, -0.2) is 0 Å². The highest BCUT2D eigenvalue weighted by atomic mass is 16.5. The Labute approximate surface area is 126 Å². The summed E-state index contributed by atoms with van der Waals surface area (Å²) in [5.41, 5.74) is 1.22. The van der Waals surface area contributed by atoms with Gasteiger partial charge in [-0.3, -0.25) is 4.98 Å². The summed E-state index contributed by atoms with van der Waals surface area (Å²) in [6.07, 6.45) is 5.26. The van der Waals surface area contributed by atoms with Crippen LogP contribution in [0, 0.1) is 5.21 Å². The summed E-state index contributed by atoms with van der Waals surface area (Å²) in [5.74, 6) is 0.745. The number of nitrogens with zero attached hydrogens (tertiary/aromatic N) is 3. The zero-order chi connectivity index (χ0) is 15.1. The van der Waals surface area contributed by atoms with Crippen LogP contribution in [0.25, 0.3) is 5.70 Å². The molecule has 2 heterocycles. The van der Waals surface area contributed by atoms with E-state index in [0.29, 0.717) is 24.5 Å². The van der Waals surface area contributed by atoms with Crippen molar-refractivity contribution in [2.24, 2.45) is 0 Å². The molecule has 0 fully saturated rings. The molecule has 0 aromatic carbocycles. The van der Waals surface area contributed by atoms with Gasteiger partial charge in [0.25, 0.3) is 0 Å². The summed E-state index contributed by atoms with van der Waals surface area (Å²) in [7, 11) is 0. The van der Waals surface area contributed by atoms with Crippen molar-refractivity contribution in [2.75, 3.05) is 32.8 Å². The SMILES string of the molecule is CCN(CC)CCOC1=CCN([O-])C(c2ccccn2)=C1. The molecule has 21 heavy (non-hydrogen) atoms. The lowest BCUT2D eigenvalue weighted by molar-refractivity contribution is 0.169. The van der Waals surface area contributed by atoms with Crippen molar-refractivity contribution < 1.29 is 4.74 Å². The minimum absolute atomic E-state index is 0.295. The third-order valence-electron chi connectivity index (χ3n) is 3.50. The first kappa shape index (κ1) is 15.5. The van der Waals surface area contributed by atoms with Crippen molar-refractivity contribution in [1.82, 2.24) is 14.9 Å². The molecule has 1 aliphatic heterocycles. The molecule has 0 unspecified atom stereocenters. The second-order valence-electron chi connectivity index (χ2n) is 4.79. The lowest BCUT2D eigenvalue weighted by atomic mass is 10.2. The van der Waals surface area contributed by atoms with Crippen LogP contribution in [0.3, 0.4) is 0 Å². The van der Waals surface area contributed by atoms with E-state index >= 15 is 0 Å². The van der Waals surface area contributed by atoms with Crippen molar-refractivity contribution in [1.29, 1.82) is 0 Å². The Morgan fingerprint density at radius 3 is 2.81 bits per heavy atom. The van der Waals surface area contributed by atoms with Crippen molar-refractivity contribution in [2.45, 2.75) is 13.8 Å². The molecule has 2 rings (SSSR count). The molecule has 5 heteroatoms. The van der Waals surface area contributed by atoms with Crippen LogP contribution in [-0.2, 0) is 4.74 Å². The van der Waals surface area contributed by atoms with E-state index in [2.05, 4.69) is 23.7 Å². The van der Waals surface area contributed by atoms with Gasteiger partial charge in [0.05, 0.1) is 11.4 Å². The van der Waals surface area contributed by atoms with Gasteiger partial charge in [0.2, 0.25) is 0 Å². The summed E-state index contributed by atoms with van der Waals surface area (Å²) >= 11 is 0. The van der Waals surface area contributed by atoms with E-state index in [4.69, 9.17) is 4.74 Å². The summed E-state index contributed by atoms with van der Waals surface area (Å²) in [6, 6.07) is 5.53. The molecule has 0 radical (unpaired) electrons. The van der Waals surface area contributed by atoms with Gasteiger partial charge in [0.1, 0.15) is 12.4 Å². The summed E-state index contributed by atoms with van der Waals surface area (Å²) in [5, 5.41) is 12.8. The highest BCUT2D eigenvalue weighted by Gasteiger charge is 2.11. The Morgan fingerprint density at radius 1 is 1.33 bits per heavy atom. The van der Waals surface area contributed by atoms with Gasteiger partial charge in [-0.2, -0.15) is 0 Å². The van der Waals surface area contributed by atoms with Crippen molar-refractivity contribution >= 4 is 5.70 Å². The summed E-state index contributed by atoms with van der Waals surface area (Å²) in [6.45, 7) is 8.11. The van der Waals surface area contributed by atoms with Crippen LogP contribution in [-0.4, -0.2) is 47.7 Å². The van der Waals surface area contributed by atoms with E-state index in [1.54, 1.807) is 12.3 Å². The minimum atomic E-state index is 0.295. The lowest BCUT2D eigenvalue weighted by Crippen LogP contribution is -2.27. The molecule has 5 nitrogen and oxygen atoms in total. The Morgan fingerprint density at radius 2 is 2.14 bits per heavy atom. The van der Waals surface area contributed by atoms with Gasteiger partial charge >= 0.3 is 0 Å². The molecule has 0 aliphatic carbocycles. The number of ether oxygens (including phenoxy) is 1. The monoisotopic (exact) mass is 288 g/mol. The van der Waals surface area contributed by atoms with E-state index in [9.17, 15) is 5.21 Å². The molecule has 0 N–H and O–H groups in total. The molecule has 1 aromatic heterocycles. The van der Waals surface area contributed by atoms with Gasteiger partial charge in [-0.1, -0.05) is 19.9 Å². The minimum Gasteiger partial charge on any atom is -0.758 e. The fourth-order valence-electron chi connectivity index (χ4n) is 2.19. The topological polar surface area (TPSA) is 51.7 Å². The normalized spacial score (nSPS) is 15.0. The highest BCUT2D eigenvalue weighted by molar-refractivity contribution is 5.65. The average molecular weight is 288 g/mol. The second kappa shape index (κ2) is 7.81. The first-order valence-electron chi connectivity index (χ1n) is 7.37. The smallest absolute Gasteiger partial charge is 0.119 e. The number of rotatable bonds is 7. The molecule has 0 bridgehead atoms. The Bertz CT molecular complexity index is 496. The summed E-state index contributed by atoms with van der Waals surface area (Å²) in [4.78, 5) is 6.52. The number of hydroxylamine groups is 2. The zero-order valence-electron chi connectivity index (χ0n) is 12.7. The Balaban J connectivity index is 1.97.